The summed E-state index contributed by atoms with van der Waals surface area (Å²) in [5.41, 5.74) is 8.04. The van der Waals surface area contributed by atoms with Gasteiger partial charge in [-0.25, -0.2) is 0 Å². The lowest BCUT2D eigenvalue weighted by atomic mass is 9.89. The molecule has 22 heavy (non-hydrogen) atoms. The Bertz CT molecular complexity index is 802. The molecular weight excluding hydrogens is 264 g/mol. The first kappa shape index (κ1) is 13.1. The van der Waals surface area contributed by atoms with Gasteiger partial charge in [-0.15, -0.1) is 0 Å². The summed E-state index contributed by atoms with van der Waals surface area (Å²) < 4.78 is 0. The predicted molar refractivity (Wildman–Crippen MR) is 94.2 cm³/mol. The minimum Gasteiger partial charge on any atom is -0.0946 e. The monoisotopic (exact) mass is 282 g/mol. The van der Waals surface area contributed by atoms with E-state index in [0.717, 1.165) is 6.42 Å². The van der Waals surface area contributed by atoms with Gasteiger partial charge in [-0.3, -0.25) is 0 Å². The van der Waals surface area contributed by atoms with Crippen molar-refractivity contribution in [2.45, 2.75) is 6.42 Å². The third kappa shape index (κ3) is 2.17. The highest BCUT2D eigenvalue weighted by molar-refractivity contribution is 5.82. The Balaban J connectivity index is 1.67. The summed E-state index contributed by atoms with van der Waals surface area (Å²) in [6.45, 7) is 4.40. The van der Waals surface area contributed by atoms with Crippen LogP contribution in [-0.4, -0.2) is 0 Å². The van der Waals surface area contributed by atoms with Crippen molar-refractivity contribution in [3.05, 3.63) is 107 Å². The van der Waals surface area contributed by atoms with Gasteiger partial charge in [0, 0.05) is 5.92 Å². The third-order valence-corrected chi connectivity index (χ3v) is 4.56. The molecule has 0 bridgehead atoms. The van der Waals surface area contributed by atoms with E-state index in [1.54, 1.807) is 0 Å². The molecule has 1 fully saturated rings. The highest BCUT2D eigenvalue weighted by Crippen LogP contribution is 2.50. The molecule has 1 saturated carbocycles. The molecule has 0 amide bonds. The van der Waals surface area contributed by atoms with Crippen LogP contribution in [0.25, 0.3) is 11.6 Å². The van der Waals surface area contributed by atoms with E-state index < -0.39 is 0 Å². The van der Waals surface area contributed by atoms with Crippen LogP contribution in [0, 0.1) is 5.92 Å². The molecule has 2 aliphatic rings. The Morgan fingerprint density at radius 1 is 0.864 bits per heavy atom. The van der Waals surface area contributed by atoms with Gasteiger partial charge in [-0.1, -0.05) is 91.0 Å². The average molecular weight is 282 g/mol. The summed E-state index contributed by atoms with van der Waals surface area (Å²) in [6, 6.07) is 21.2. The Morgan fingerprint density at radius 3 is 2.27 bits per heavy atom. The van der Waals surface area contributed by atoms with Crippen molar-refractivity contribution in [1.82, 2.24) is 0 Å². The molecule has 1 unspecified atom stereocenters. The van der Waals surface area contributed by atoms with Gasteiger partial charge in [0.2, 0.25) is 0 Å². The van der Waals surface area contributed by atoms with E-state index in [1.807, 2.05) is 0 Å². The molecular formula is C22H18. The van der Waals surface area contributed by atoms with Gasteiger partial charge in [-0.2, -0.15) is 0 Å². The molecule has 0 aromatic heterocycles. The summed E-state index contributed by atoms with van der Waals surface area (Å²) in [6.07, 6.45) is 7.85. The maximum Gasteiger partial charge on any atom is 0.0308 e. The zero-order valence-corrected chi connectivity index (χ0v) is 12.5. The molecule has 0 heterocycles. The van der Waals surface area contributed by atoms with Crippen LogP contribution in [0.15, 0.2) is 96.1 Å². The van der Waals surface area contributed by atoms with E-state index in [4.69, 9.17) is 0 Å². The van der Waals surface area contributed by atoms with Gasteiger partial charge in [0.1, 0.15) is 0 Å². The van der Waals surface area contributed by atoms with Crippen LogP contribution in [0.1, 0.15) is 17.5 Å². The molecule has 2 aromatic carbocycles. The van der Waals surface area contributed by atoms with Gasteiger partial charge in [0.25, 0.3) is 0 Å². The zero-order chi connectivity index (χ0) is 14.9. The van der Waals surface area contributed by atoms with Gasteiger partial charge in [-0.05, 0) is 34.3 Å². The molecule has 0 nitrogen and oxygen atoms in total. The van der Waals surface area contributed by atoms with E-state index >= 15 is 0 Å². The Kier molecular flexibility index (Phi) is 3.16. The second-order valence-electron chi connectivity index (χ2n) is 5.94. The van der Waals surface area contributed by atoms with Crippen LogP contribution in [0.3, 0.4) is 0 Å². The molecule has 0 radical (unpaired) electrons. The van der Waals surface area contributed by atoms with Crippen molar-refractivity contribution in [1.29, 1.82) is 0 Å². The molecule has 2 aliphatic carbocycles. The topological polar surface area (TPSA) is 0 Å². The fourth-order valence-corrected chi connectivity index (χ4v) is 3.47. The maximum atomic E-state index is 4.40. The summed E-state index contributed by atoms with van der Waals surface area (Å²) in [7, 11) is 0. The Hall–Kier alpha value is -2.60. The maximum absolute atomic E-state index is 4.40. The first-order valence-corrected chi connectivity index (χ1v) is 7.74. The van der Waals surface area contributed by atoms with Crippen LogP contribution in [0.4, 0.5) is 0 Å². The zero-order valence-electron chi connectivity index (χ0n) is 12.5. The number of fused-ring (bicyclic) bond motifs is 1. The van der Waals surface area contributed by atoms with E-state index in [1.165, 1.54) is 33.4 Å². The molecule has 0 spiro atoms. The number of hydrogen-bond donors (Lipinski definition) is 0. The lowest BCUT2D eigenvalue weighted by Crippen LogP contribution is -1.99. The standard InChI is InChI=1S/C22H18/c1-16-20(14-17-8-4-2-5-9-17)15-19-12-13-21(22(16)19)18-10-6-3-7-11-18/h2-14,22H,1,15H2/b20-14+. The highest BCUT2D eigenvalue weighted by Gasteiger charge is 2.34. The molecule has 0 N–H and O–H groups in total. The molecule has 0 aliphatic heterocycles. The van der Waals surface area contributed by atoms with Gasteiger partial charge in [0.15, 0.2) is 0 Å². The first-order valence-electron chi connectivity index (χ1n) is 7.74. The van der Waals surface area contributed by atoms with Gasteiger partial charge < -0.3 is 0 Å². The molecule has 1 atom stereocenters. The summed E-state index contributed by atoms with van der Waals surface area (Å²) >= 11 is 0. The van der Waals surface area contributed by atoms with E-state index in [-0.39, 0.29) is 0 Å². The second-order valence-corrected chi connectivity index (χ2v) is 5.94. The molecule has 2 aromatic rings. The fraction of sp³-hybridized carbons (Fsp3) is 0.0909. The quantitative estimate of drug-likeness (QED) is 0.665. The van der Waals surface area contributed by atoms with E-state index in [2.05, 4.69) is 85.5 Å². The fourth-order valence-electron chi connectivity index (χ4n) is 3.47. The SMILES string of the molecule is C=C1/C(=C/c2ccccc2)CC2=CC=C(c3ccccc3)C12. The summed E-state index contributed by atoms with van der Waals surface area (Å²) in [4.78, 5) is 0. The molecule has 106 valence electrons. The van der Waals surface area contributed by atoms with Crippen molar-refractivity contribution < 1.29 is 0 Å². The average Bonchev–Trinajstić information content (AvgIpc) is 3.11. The lowest BCUT2D eigenvalue weighted by molar-refractivity contribution is 1.02. The minimum absolute atomic E-state index is 0.373. The van der Waals surface area contributed by atoms with Crippen molar-refractivity contribution in [3.8, 4) is 0 Å². The van der Waals surface area contributed by atoms with Crippen LogP contribution in [0.5, 0.6) is 0 Å². The first-order chi connectivity index (χ1) is 10.8. The van der Waals surface area contributed by atoms with Crippen molar-refractivity contribution in [2.24, 2.45) is 5.92 Å². The Morgan fingerprint density at radius 2 is 1.55 bits per heavy atom. The highest BCUT2D eigenvalue weighted by atomic mass is 14.4. The molecule has 0 saturated heterocycles. The predicted octanol–water partition coefficient (Wildman–Crippen LogP) is 5.67. The van der Waals surface area contributed by atoms with E-state index in [0.29, 0.717) is 5.92 Å². The summed E-state index contributed by atoms with van der Waals surface area (Å²) in [5.74, 6) is 0.373. The third-order valence-electron chi connectivity index (χ3n) is 4.56. The Labute approximate surface area is 131 Å². The lowest BCUT2D eigenvalue weighted by Gasteiger charge is -2.14. The van der Waals surface area contributed by atoms with Crippen molar-refractivity contribution in [2.75, 3.05) is 0 Å². The normalized spacial score (nSPS) is 21.7. The van der Waals surface area contributed by atoms with Crippen LogP contribution >= 0.6 is 0 Å². The van der Waals surface area contributed by atoms with Crippen molar-refractivity contribution in [3.63, 3.8) is 0 Å². The van der Waals surface area contributed by atoms with Crippen LogP contribution < -0.4 is 0 Å². The summed E-state index contributed by atoms with van der Waals surface area (Å²) in [5, 5.41) is 0. The van der Waals surface area contributed by atoms with Gasteiger partial charge in [0.05, 0.1) is 0 Å². The van der Waals surface area contributed by atoms with Crippen LogP contribution in [0.2, 0.25) is 0 Å². The van der Waals surface area contributed by atoms with Gasteiger partial charge >= 0.3 is 0 Å². The number of hydrogen-bond acceptors (Lipinski definition) is 0. The second kappa shape index (κ2) is 5.31. The minimum atomic E-state index is 0.373. The number of allylic oxidation sites excluding steroid dienone is 6. The van der Waals surface area contributed by atoms with Crippen LogP contribution in [-0.2, 0) is 0 Å². The largest absolute Gasteiger partial charge is 0.0946 e. The van der Waals surface area contributed by atoms with Crippen molar-refractivity contribution >= 4 is 11.6 Å². The molecule has 4 rings (SSSR count). The number of benzene rings is 2. The smallest absolute Gasteiger partial charge is 0.0308 e. The molecule has 0 heteroatoms. The number of rotatable bonds is 2. The van der Waals surface area contributed by atoms with E-state index in [9.17, 15) is 0 Å².